The Hall–Kier alpha value is -2.37. The lowest BCUT2D eigenvalue weighted by atomic mass is 9.98. The first kappa shape index (κ1) is 14.0. The number of benzene rings is 1. The summed E-state index contributed by atoms with van der Waals surface area (Å²) in [6, 6.07) is 3.86. The maximum atomic E-state index is 11.4. The third-order valence-electron chi connectivity index (χ3n) is 3.00. The molecule has 0 aliphatic heterocycles. The number of aryl methyl sites for hydroxylation is 2. The van der Waals surface area contributed by atoms with Crippen LogP contribution in [0.3, 0.4) is 0 Å². The van der Waals surface area contributed by atoms with Crippen LogP contribution in [0, 0.1) is 13.8 Å². The second-order valence-electron chi connectivity index (χ2n) is 4.67. The Morgan fingerprint density at radius 1 is 1.30 bits per heavy atom. The molecule has 0 atom stereocenters. The van der Waals surface area contributed by atoms with Crippen molar-refractivity contribution in [3.8, 4) is 17.0 Å². The van der Waals surface area contributed by atoms with Crippen molar-refractivity contribution in [3.63, 3.8) is 0 Å². The first-order valence-electron chi connectivity index (χ1n) is 6.49. The van der Waals surface area contributed by atoms with Crippen molar-refractivity contribution in [2.45, 2.75) is 27.2 Å². The molecule has 0 unspecified atom stereocenters. The van der Waals surface area contributed by atoms with Crippen molar-refractivity contribution in [2.24, 2.45) is 5.73 Å². The van der Waals surface area contributed by atoms with Crippen LogP contribution in [0.25, 0.3) is 11.3 Å². The molecule has 6 nitrogen and oxygen atoms in total. The van der Waals surface area contributed by atoms with Gasteiger partial charge in [-0.3, -0.25) is 4.79 Å². The van der Waals surface area contributed by atoms with Crippen LogP contribution in [0.1, 0.15) is 35.0 Å². The van der Waals surface area contributed by atoms with Gasteiger partial charge >= 0.3 is 0 Å². The molecule has 106 valence electrons. The molecular weight excluding hydrogens is 256 g/mol. The van der Waals surface area contributed by atoms with Gasteiger partial charge in [0, 0.05) is 5.56 Å². The molecule has 0 radical (unpaired) electrons. The zero-order valence-electron chi connectivity index (χ0n) is 11.9. The number of aromatic nitrogens is 3. The number of primary amides is 1. The molecule has 2 aromatic rings. The number of carbonyl (C=O) groups excluding carboxylic acids is 1. The SMILES string of the molecule is CCCOc1cc(C)c(-c2n[nH]nc2C(N)=O)c(C)c1. The minimum Gasteiger partial charge on any atom is -0.494 e. The predicted octanol–water partition coefficient (Wildman–Crippen LogP) is 1.98. The molecule has 0 fully saturated rings. The van der Waals surface area contributed by atoms with Crippen molar-refractivity contribution in [1.29, 1.82) is 0 Å². The number of H-pyrrole nitrogens is 1. The molecule has 1 aromatic carbocycles. The first-order valence-corrected chi connectivity index (χ1v) is 6.49. The normalized spacial score (nSPS) is 10.6. The average Bonchev–Trinajstić information content (AvgIpc) is 2.84. The van der Waals surface area contributed by atoms with Crippen LogP contribution in [0.4, 0.5) is 0 Å². The van der Waals surface area contributed by atoms with E-state index in [0.717, 1.165) is 28.9 Å². The van der Waals surface area contributed by atoms with E-state index in [-0.39, 0.29) is 5.69 Å². The number of carbonyl (C=O) groups is 1. The molecule has 2 rings (SSSR count). The number of rotatable bonds is 5. The molecule has 1 amide bonds. The van der Waals surface area contributed by atoms with E-state index in [9.17, 15) is 4.79 Å². The number of hydrogen-bond acceptors (Lipinski definition) is 4. The highest BCUT2D eigenvalue weighted by Crippen LogP contribution is 2.31. The molecule has 1 aromatic heterocycles. The highest BCUT2D eigenvalue weighted by molar-refractivity contribution is 5.97. The van der Waals surface area contributed by atoms with Crippen molar-refractivity contribution in [1.82, 2.24) is 15.4 Å². The van der Waals surface area contributed by atoms with Crippen molar-refractivity contribution in [2.75, 3.05) is 6.61 Å². The van der Waals surface area contributed by atoms with Crippen LogP contribution in [0.15, 0.2) is 12.1 Å². The molecule has 0 spiro atoms. The van der Waals surface area contributed by atoms with Gasteiger partial charge in [-0.15, -0.1) is 0 Å². The van der Waals surface area contributed by atoms with Crippen LogP contribution >= 0.6 is 0 Å². The molecule has 6 heteroatoms. The number of nitrogens with two attached hydrogens (primary N) is 1. The van der Waals surface area contributed by atoms with Gasteiger partial charge in [-0.05, 0) is 43.5 Å². The third kappa shape index (κ3) is 2.64. The van der Waals surface area contributed by atoms with Crippen molar-refractivity contribution in [3.05, 3.63) is 29.0 Å². The Morgan fingerprint density at radius 2 is 1.95 bits per heavy atom. The highest BCUT2D eigenvalue weighted by atomic mass is 16.5. The van der Waals surface area contributed by atoms with Gasteiger partial charge in [0.1, 0.15) is 11.4 Å². The molecule has 3 N–H and O–H groups in total. The van der Waals surface area contributed by atoms with Crippen LogP contribution in [0.5, 0.6) is 5.75 Å². The fourth-order valence-corrected chi connectivity index (χ4v) is 2.18. The standard InChI is InChI=1S/C14H18N4O2/c1-4-5-20-10-6-8(2)11(9(3)7-10)12-13(14(15)19)17-18-16-12/h6-7H,4-5H2,1-3H3,(H2,15,19)(H,16,17,18). The molecule has 1 heterocycles. The van der Waals surface area contributed by atoms with Crippen molar-refractivity contribution < 1.29 is 9.53 Å². The minimum atomic E-state index is -0.598. The molecule has 0 aliphatic carbocycles. The zero-order chi connectivity index (χ0) is 14.7. The highest BCUT2D eigenvalue weighted by Gasteiger charge is 2.19. The Bertz CT molecular complexity index is 611. The number of ether oxygens (including phenoxy) is 1. The number of aromatic amines is 1. The summed E-state index contributed by atoms with van der Waals surface area (Å²) in [5.41, 5.74) is 8.73. The predicted molar refractivity (Wildman–Crippen MR) is 75.6 cm³/mol. The maximum Gasteiger partial charge on any atom is 0.271 e. The Balaban J connectivity index is 2.47. The van der Waals surface area contributed by atoms with Crippen molar-refractivity contribution >= 4 is 5.91 Å². The maximum absolute atomic E-state index is 11.4. The summed E-state index contributed by atoms with van der Waals surface area (Å²) in [6.45, 7) is 6.62. The number of nitrogens with one attached hydrogen (secondary N) is 1. The molecule has 20 heavy (non-hydrogen) atoms. The van der Waals surface area contributed by atoms with E-state index < -0.39 is 5.91 Å². The lowest BCUT2D eigenvalue weighted by Gasteiger charge is -2.12. The number of hydrogen-bond donors (Lipinski definition) is 2. The van der Waals surface area contributed by atoms with Gasteiger partial charge in [-0.2, -0.15) is 15.4 Å². The topological polar surface area (TPSA) is 93.9 Å². The molecule has 0 saturated carbocycles. The van der Waals surface area contributed by atoms with Crippen LogP contribution in [0.2, 0.25) is 0 Å². The fourth-order valence-electron chi connectivity index (χ4n) is 2.18. The second-order valence-corrected chi connectivity index (χ2v) is 4.67. The lowest BCUT2D eigenvalue weighted by Crippen LogP contribution is -2.13. The fraction of sp³-hybridized carbons (Fsp3) is 0.357. The van der Waals surface area contributed by atoms with Gasteiger partial charge < -0.3 is 10.5 Å². The van der Waals surface area contributed by atoms with Crippen LogP contribution in [-0.4, -0.2) is 27.9 Å². The second kappa shape index (κ2) is 5.73. The first-order chi connectivity index (χ1) is 9.54. The van der Waals surface area contributed by atoms with Gasteiger partial charge in [0.15, 0.2) is 5.69 Å². The van der Waals surface area contributed by atoms with Gasteiger partial charge in [-0.25, -0.2) is 0 Å². The lowest BCUT2D eigenvalue weighted by molar-refractivity contribution is 0.0996. The van der Waals surface area contributed by atoms with E-state index in [1.165, 1.54) is 0 Å². The van der Waals surface area contributed by atoms with Gasteiger partial charge in [-0.1, -0.05) is 6.92 Å². The third-order valence-corrected chi connectivity index (χ3v) is 3.00. The zero-order valence-corrected chi connectivity index (χ0v) is 11.9. The molecular formula is C14H18N4O2. The Morgan fingerprint density at radius 3 is 2.50 bits per heavy atom. The van der Waals surface area contributed by atoms with E-state index in [0.29, 0.717) is 12.3 Å². The van der Waals surface area contributed by atoms with Crippen LogP contribution in [-0.2, 0) is 0 Å². The largest absolute Gasteiger partial charge is 0.494 e. The quantitative estimate of drug-likeness (QED) is 0.871. The average molecular weight is 274 g/mol. The summed E-state index contributed by atoms with van der Waals surface area (Å²) in [7, 11) is 0. The summed E-state index contributed by atoms with van der Waals surface area (Å²) >= 11 is 0. The van der Waals surface area contributed by atoms with E-state index in [2.05, 4.69) is 22.3 Å². The van der Waals surface area contributed by atoms with E-state index in [4.69, 9.17) is 10.5 Å². The Kier molecular flexibility index (Phi) is 4.02. The number of amides is 1. The molecule has 0 saturated heterocycles. The number of nitrogens with zero attached hydrogens (tertiary/aromatic N) is 2. The van der Waals surface area contributed by atoms with E-state index >= 15 is 0 Å². The summed E-state index contributed by atoms with van der Waals surface area (Å²) in [5.74, 6) is 0.216. The van der Waals surface area contributed by atoms with E-state index in [1.54, 1.807) is 0 Å². The summed E-state index contributed by atoms with van der Waals surface area (Å²) < 4.78 is 5.63. The summed E-state index contributed by atoms with van der Waals surface area (Å²) in [5, 5.41) is 10.3. The molecule has 0 bridgehead atoms. The summed E-state index contributed by atoms with van der Waals surface area (Å²) in [6.07, 6.45) is 0.953. The monoisotopic (exact) mass is 274 g/mol. The molecule has 0 aliphatic rings. The van der Waals surface area contributed by atoms with Gasteiger partial charge in [0.05, 0.1) is 6.61 Å². The Labute approximate surface area is 117 Å². The van der Waals surface area contributed by atoms with Gasteiger partial charge in [0.25, 0.3) is 5.91 Å². The minimum absolute atomic E-state index is 0.151. The smallest absolute Gasteiger partial charge is 0.271 e. The van der Waals surface area contributed by atoms with E-state index in [1.807, 2.05) is 26.0 Å². The summed E-state index contributed by atoms with van der Waals surface area (Å²) in [4.78, 5) is 11.4. The van der Waals surface area contributed by atoms with Crippen LogP contribution < -0.4 is 10.5 Å². The van der Waals surface area contributed by atoms with Gasteiger partial charge in [0.2, 0.25) is 0 Å².